The molecular formula is C10H12BrNO2. The standard InChI is InChI=1S/C10H12BrNO2/c1-12(2)10(14)7-3-4-8(6-13)9(11)5-7/h3-5,13H,6H2,1-2H3. The van der Waals surface area contributed by atoms with E-state index in [0.29, 0.717) is 5.56 Å². The molecule has 0 aliphatic carbocycles. The number of aliphatic hydroxyl groups excluding tert-OH is 1. The fourth-order valence-corrected chi connectivity index (χ4v) is 1.57. The van der Waals surface area contributed by atoms with Gasteiger partial charge in [-0.2, -0.15) is 0 Å². The van der Waals surface area contributed by atoms with E-state index in [1.807, 2.05) is 0 Å². The summed E-state index contributed by atoms with van der Waals surface area (Å²) in [5, 5.41) is 8.93. The van der Waals surface area contributed by atoms with Crippen molar-refractivity contribution in [2.75, 3.05) is 14.1 Å². The van der Waals surface area contributed by atoms with Crippen LogP contribution in [0, 0.1) is 0 Å². The summed E-state index contributed by atoms with van der Waals surface area (Å²) in [4.78, 5) is 13.1. The molecule has 0 fully saturated rings. The van der Waals surface area contributed by atoms with Crippen LogP contribution in [-0.2, 0) is 6.61 Å². The van der Waals surface area contributed by atoms with Gasteiger partial charge in [0.05, 0.1) is 6.61 Å². The first-order valence-electron chi connectivity index (χ1n) is 4.17. The highest BCUT2D eigenvalue weighted by atomic mass is 79.9. The van der Waals surface area contributed by atoms with E-state index in [1.165, 1.54) is 4.90 Å². The minimum absolute atomic E-state index is 0.0307. The molecule has 0 atom stereocenters. The Kier molecular flexibility index (Phi) is 3.66. The lowest BCUT2D eigenvalue weighted by molar-refractivity contribution is 0.0827. The molecule has 4 heteroatoms. The molecule has 1 aromatic rings. The fraction of sp³-hybridized carbons (Fsp3) is 0.300. The zero-order chi connectivity index (χ0) is 10.7. The number of carbonyl (C=O) groups excluding carboxylic acids is 1. The number of nitrogens with zero attached hydrogens (tertiary/aromatic N) is 1. The van der Waals surface area contributed by atoms with E-state index in [9.17, 15) is 4.79 Å². The SMILES string of the molecule is CN(C)C(=O)c1ccc(CO)c(Br)c1. The smallest absolute Gasteiger partial charge is 0.253 e. The zero-order valence-corrected chi connectivity index (χ0v) is 9.71. The molecule has 0 saturated carbocycles. The summed E-state index contributed by atoms with van der Waals surface area (Å²) in [5.74, 6) is -0.0461. The molecule has 1 aromatic carbocycles. The minimum Gasteiger partial charge on any atom is -0.392 e. The summed E-state index contributed by atoms with van der Waals surface area (Å²) < 4.78 is 0.757. The first kappa shape index (κ1) is 11.2. The van der Waals surface area contributed by atoms with Crippen LogP contribution in [0.1, 0.15) is 15.9 Å². The van der Waals surface area contributed by atoms with Crippen LogP contribution in [0.5, 0.6) is 0 Å². The molecule has 0 radical (unpaired) electrons. The average molecular weight is 258 g/mol. The van der Waals surface area contributed by atoms with Gasteiger partial charge in [0.25, 0.3) is 5.91 Å². The number of hydrogen-bond donors (Lipinski definition) is 1. The van der Waals surface area contributed by atoms with Gasteiger partial charge in [-0.3, -0.25) is 4.79 Å². The summed E-state index contributed by atoms with van der Waals surface area (Å²) in [6, 6.07) is 5.16. The molecule has 3 nitrogen and oxygen atoms in total. The topological polar surface area (TPSA) is 40.5 Å². The normalized spacial score (nSPS) is 10.0. The second kappa shape index (κ2) is 4.57. The lowest BCUT2D eigenvalue weighted by atomic mass is 10.1. The lowest BCUT2D eigenvalue weighted by Gasteiger charge is -2.11. The molecule has 14 heavy (non-hydrogen) atoms. The number of halogens is 1. The maximum absolute atomic E-state index is 11.5. The van der Waals surface area contributed by atoms with Crippen LogP contribution >= 0.6 is 15.9 Å². The number of rotatable bonds is 2. The first-order chi connectivity index (χ1) is 6.56. The number of hydrogen-bond acceptors (Lipinski definition) is 2. The van der Waals surface area contributed by atoms with Crippen LogP contribution in [0.25, 0.3) is 0 Å². The van der Waals surface area contributed by atoms with Gasteiger partial charge in [0.2, 0.25) is 0 Å². The quantitative estimate of drug-likeness (QED) is 0.876. The van der Waals surface area contributed by atoms with Gasteiger partial charge in [0.15, 0.2) is 0 Å². The van der Waals surface area contributed by atoms with E-state index in [-0.39, 0.29) is 12.5 Å². The van der Waals surface area contributed by atoms with Gasteiger partial charge in [0, 0.05) is 24.1 Å². The van der Waals surface area contributed by atoms with E-state index < -0.39 is 0 Å². The maximum Gasteiger partial charge on any atom is 0.253 e. The first-order valence-corrected chi connectivity index (χ1v) is 4.96. The van der Waals surface area contributed by atoms with Gasteiger partial charge < -0.3 is 10.0 Å². The Morgan fingerprint density at radius 2 is 2.14 bits per heavy atom. The Labute approximate surface area is 91.5 Å². The summed E-state index contributed by atoms with van der Waals surface area (Å²) >= 11 is 3.29. The Morgan fingerprint density at radius 1 is 1.50 bits per heavy atom. The molecule has 0 spiro atoms. The molecule has 1 amide bonds. The third-order valence-electron chi connectivity index (χ3n) is 1.88. The summed E-state index contributed by atoms with van der Waals surface area (Å²) in [6.45, 7) is -0.0307. The van der Waals surface area contributed by atoms with Gasteiger partial charge in [-0.05, 0) is 17.7 Å². The van der Waals surface area contributed by atoms with E-state index >= 15 is 0 Å². The van der Waals surface area contributed by atoms with Gasteiger partial charge in [-0.25, -0.2) is 0 Å². The van der Waals surface area contributed by atoms with Crippen molar-refractivity contribution in [2.24, 2.45) is 0 Å². The lowest BCUT2D eigenvalue weighted by Crippen LogP contribution is -2.21. The Bertz CT molecular complexity index is 350. The largest absolute Gasteiger partial charge is 0.392 e. The predicted octanol–water partition coefficient (Wildman–Crippen LogP) is 1.64. The van der Waals surface area contributed by atoms with Crippen LogP contribution in [0.3, 0.4) is 0 Å². The summed E-state index contributed by atoms with van der Waals surface area (Å²) in [7, 11) is 3.41. The molecule has 1 N–H and O–H groups in total. The highest BCUT2D eigenvalue weighted by Gasteiger charge is 2.09. The molecular weight excluding hydrogens is 246 g/mol. The molecule has 0 aliphatic heterocycles. The van der Waals surface area contributed by atoms with Gasteiger partial charge in [-0.1, -0.05) is 22.0 Å². The van der Waals surface area contributed by atoms with E-state index in [2.05, 4.69) is 15.9 Å². The van der Waals surface area contributed by atoms with E-state index in [1.54, 1.807) is 32.3 Å². The third-order valence-corrected chi connectivity index (χ3v) is 2.61. The molecule has 0 heterocycles. The van der Waals surface area contributed by atoms with Crippen molar-refractivity contribution in [3.8, 4) is 0 Å². The molecule has 0 aliphatic rings. The summed E-state index contributed by atoms with van der Waals surface area (Å²) in [6.07, 6.45) is 0. The van der Waals surface area contributed by atoms with Crippen molar-refractivity contribution < 1.29 is 9.90 Å². The highest BCUT2D eigenvalue weighted by Crippen LogP contribution is 2.19. The van der Waals surface area contributed by atoms with Crippen LogP contribution in [-0.4, -0.2) is 30.0 Å². The van der Waals surface area contributed by atoms with Crippen LogP contribution < -0.4 is 0 Å². The van der Waals surface area contributed by atoms with Gasteiger partial charge >= 0.3 is 0 Å². The Morgan fingerprint density at radius 3 is 2.57 bits per heavy atom. The van der Waals surface area contributed by atoms with Crippen LogP contribution in [0.4, 0.5) is 0 Å². The highest BCUT2D eigenvalue weighted by molar-refractivity contribution is 9.10. The second-order valence-corrected chi connectivity index (χ2v) is 4.02. The zero-order valence-electron chi connectivity index (χ0n) is 8.12. The van der Waals surface area contributed by atoms with Gasteiger partial charge in [-0.15, -0.1) is 0 Å². The van der Waals surface area contributed by atoms with E-state index in [4.69, 9.17) is 5.11 Å². The Balaban J connectivity index is 3.03. The number of aliphatic hydroxyl groups is 1. The number of carbonyl (C=O) groups is 1. The maximum atomic E-state index is 11.5. The third kappa shape index (κ3) is 2.33. The Hall–Kier alpha value is -0.870. The van der Waals surface area contributed by atoms with Crippen molar-refractivity contribution in [3.63, 3.8) is 0 Å². The number of benzene rings is 1. The van der Waals surface area contributed by atoms with Crippen LogP contribution in [0.2, 0.25) is 0 Å². The second-order valence-electron chi connectivity index (χ2n) is 3.16. The predicted molar refractivity (Wildman–Crippen MR) is 58.1 cm³/mol. The van der Waals surface area contributed by atoms with E-state index in [0.717, 1.165) is 10.0 Å². The molecule has 0 aromatic heterocycles. The average Bonchev–Trinajstić information content (AvgIpc) is 2.16. The summed E-state index contributed by atoms with van der Waals surface area (Å²) in [5.41, 5.74) is 1.39. The van der Waals surface area contributed by atoms with Crippen molar-refractivity contribution in [3.05, 3.63) is 33.8 Å². The van der Waals surface area contributed by atoms with Crippen molar-refractivity contribution in [2.45, 2.75) is 6.61 Å². The van der Waals surface area contributed by atoms with Crippen molar-refractivity contribution in [1.82, 2.24) is 4.90 Å². The van der Waals surface area contributed by atoms with Crippen LogP contribution in [0.15, 0.2) is 22.7 Å². The molecule has 0 bridgehead atoms. The monoisotopic (exact) mass is 257 g/mol. The molecule has 0 saturated heterocycles. The number of amides is 1. The van der Waals surface area contributed by atoms with Gasteiger partial charge in [0.1, 0.15) is 0 Å². The molecule has 1 rings (SSSR count). The molecule has 0 unspecified atom stereocenters. The minimum atomic E-state index is -0.0461. The van der Waals surface area contributed by atoms with Crippen molar-refractivity contribution in [1.29, 1.82) is 0 Å². The molecule has 76 valence electrons. The van der Waals surface area contributed by atoms with Crippen molar-refractivity contribution >= 4 is 21.8 Å². The fourth-order valence-electron chi connectivity index (χ4n) is 1.07.